The van der Waals surface area contributed by atoms with Crippen molar-refractivity contribution in [2.24, 2.45) is 0 Å². The first-order valence-electron chi connectivity index (χ1n) is 9.95. The molecule has 0 spiro atoms. The number of halogens is 1. The summed E-state index contributed by atoms with van der Waals surface area (Å²) in [5.74, 6) is 0.614. The zero-order valence-corrected chi connectivity index (χ0v) is 16.7. The lowest BCUT2D eigenvalue weighted by atomic mass is 9.95. The van der Waals surface area contributed by atoms with E-state index in [1.54, 1.807) is 0 Å². The van der Waals surface area contributed by atoms with E-state index >= 15 is 0 Å². The maximum atomic E-state index is 13.6. The first kappa shape index (κ1) is 18.7. The van der Waals surface area contributed by atoms with Crippen LogP contribution in [-0.2, 0) is 18.5 Å². The van der Waals surface area contributed by atoms with Gasteiger partial charge < -0.3 is 4.90 Å². The van der Waals surface area contributed by atoms with Gasteiger partial charge in [0.1, 0.15) is 12.4 Å². The Morgan fingerprint density at radius 1 is 1.11 bits per heavy atom. The van der Waals surface area contributed by atoms with Crippen molar-refractivity contribution in [1.29, 1.82) is 0 Å². The quantitative estimate of drug-likeness (QED) is 0.740. The minimum absolute atomic E-state index is 0.0465. The van der Waals surface area contributed by atoms with E-state index in [1.165, 1.54) is 28.2 Å². The predicted molar refractivity (Wildman–Crippen MR) is 105 cm³/mol. The Kier molecular flexibility index (Phi) is 4.98. The van der Waals surface area contributed by atoms with Crippen LogP contribution in [0, 0.1) is 5.82 Å². The number of benzene rings is 2. The molecule has 2 atom stereocenters. The van der Waals surface area contributed by atoms with Crippen molar-refractivity contribution in [3.63, 3.8) is 0 Å². The number of nitrogens with one attached hydrogen (secondary N) is 1. The third-order valence-corrected chi connectivity index (χ3v) is 6.05. The number of hydrogen-bond donors (Lipinski definition) is 1. The van der Waals surface area contributed by atoms with Gasteiger partial charge in [-0.15, -0.1) is 5.10 Å². The summed E-state index contributed by atoms with van der Waals surface area (Å²) < 4.78 is 15.6. The molecule has 4 rings (SSSR count). The number of tetrazole rings is 1. The standard InChI is InChI=1S/C22H26FN5/c1-4-22(2,3)28-21(24-25-26-28)20(17-9-11-19(23)12-10-17)27-14-13-16-7-5-6-8-18(16)15-27/h5-12,20H,4,13-15H2,1-3H3/p+1/t20-/m0/s1. The molecule has 0 saturated carbocycles. The molecule has 1 unspecified atom stereocenters. The summed E-state index contributed by atoms with van der Waals surface area (Å²) in [6.07, 6.45) is 1.93. The largest absolute Gasteiger partial charge is 0.318 e. The van der Waals surface area contributed by atoms with Gasteiger partial charge in [0.2, 0.25) is 5.82 Å². The third kappa shape index (κ3) is 3.44. The molecule has 1 aliphatic rings. The van der Waals surface area contributed by atoms with Gasteiger partial charge in [0.25, 0.3) is 0 Å². The first-order chi connectivity index (χ1) is 13.5. The van der Waals surface area contributed by atoms with E-state index in [4.69, 9.17) is 0 Å². The van der Waals surface area contributed by atoms with Gasteiger partial charge in [-0.3, -0.25) is 0 Å². The van der Waals surface area contributed by atoms with E-state index in [0.717, 1.165) is 37.3 Å². The maximum absolute atomic E-state index is 13.6. The van der Waals surface area contributed by atoms with Crippen LogP contribution in [0.1, 0.15) is 55.7 Å². The molecule has 1 aromatic heterocycles. The van der Waals surface area contributed by atoms with Crippen molar-refractivity contribution >= 4 is 0 Å². The summed E-state index contributed by atoms with van der Waals surface area (Å²) in [6, 6.07) is 15.4. The molecular weight excluding hydrogens is 353 g/mol. The summed E-state index contributed by atoms with van der Waals surface area (Å²) in [5.41, 5.74) is 3.63. The van der Waals surface area contributed by atoms with Crippen molar-refractivity contribution in [3.05, 3.63) is 76.9 Å². The average Bonchev–Trinajstić information content (AvgIpc) is 3.20. The molecular formula is C22H27FN5+. The van der Waals surface area contributed by atoms with Gasteiger partial charge in [-0.05, 0) is 60.5 Å². The molecule has 146 valence electrons. The van der Waals surface area contributed by atoms with Crippen LogP contribution in [0.3, 0.4) is 0 Å². The molecule has 2 heterocycles. The first-order valence-corrected chi connectivity index (χ1v) is 9.95. The lowest BCUT2D eigenvalue weighted by Gasteiger charge is -2.34. The van der Waals surface area contributed by atoms with E-state index in [-0.39, 0.29) is 17.4 Å². The normalized spacial score (nSPS) is 17.9. The fraction of sp³-hybridized carbons (Fsp3) is 0.409. The lowest BCUT2D eigenvalue weighted by Crippen LogP contribution is -3.12. The highest BCUT2D eigenvalue weighted by Crippen LogP contribution is 2.26. The van der Waals surface area contributed by atoms with Gasteiger partial charge in [0.15, 0.2) is 6.04 Å². The SMILES string of the molecule is CCC(C)(C)n1nnnc1[C@H](c1ccc(F)cc1)[NH+]1CCc2ccccc2C1. The molecule has 28 heavy (non-hydrogen) atoms. The molecule has 0 bridgehead atoms. The van der Waals surface area contributed by atoms with E-state index in [0.29, 0.717) is 0 Å². The third-order valence-electron chi connectivity index (χ3n) is 6.05. The van der Waals surface area contributed by atoms with Crippen molar-refractivity contribution in [2.75, 3.05) is 6.54 Å². The van der Waals surface area contributed by atoms with Crippen LogP contribution < -0.4 is 4.90 Å². The molecule has 2 aromatic carbocycles. The maximum Gasteiger partial charge on any atom is 0.214 e. The van der Waals surface area contributed by atoms with Crippen LogP contribution in [0.15, 0.2) is 48.5 Å². The number of fused-ring (bicyclic) bond motifs is 1. The number of hydrogen-bond acceptors (Lipinski definition) is 3. The van der Waals surface area contributed by atoms with E-state index in [1.807, 2.05) is 16.8 Å². The van der Waals surface area contributed by atoms with Crippen LogP contribution in [-0.4, -0.2) is 26.8 Å². The second-order valence-corrected chi connectivity index (χ2v) is 8.20. The molecule has 0 saturated heterocycles. The number of nitrogens with zero attached hydrogens (tertiary/aromatic N) is 4. The van der Waals surface area contributed by atoms with Crippen LogP contribution in [0.4, 0.5) is 4.39 Å². The highest BCUT2D eigenvalue weighted by atomic mass is 19.1. The van der Waals surface area contributed by atoms with Crippen LogP contribution in [0.25, 0.3) is 0 Å². The molecule has 1 N–H and O–H groups in total. The van der Waals surface area contributed by atoms with Crippen molar-refractivity contribution in [2.45, 2.75) is 51.7 Å². The Bertz CT molecular complexity index is 948. The molecule has 3 aromatic rings. The molecule has 6 heteroatoms. The smallest absolute Gasteiger partial charge is 0.214 e. The average molecular weight is 380 g/mol. The summed E-state index contributed by atoms with van der Waals surface area (Å²) >= 11 is 0. The van der Waals surface area contributed by atoms with Gasteiger partial charge in [-0.25, -0.2) is 9.07 Å². The van der Waals surface area contributed by atoms with Gasteiger partial charge in [-0.1, -0.05) is 31.2 Å². The summed E-state index contributed by atoms with van der Waals surface area (Å²) in [6.45, 7) is 8.32. The van der Waals surface area contributed by atoms with Crippen molar-refractivity contribution in [3.8, 4) is 0 Å². The Morgan fingerprint density at radius 3 is 2.54 bits per heavy atom. The van der Waals surface area contributed by atoms with Gasteiger partial charge in [0, 0.05) is 17.5 Å². The predicted octanol–water partition coefficient (Wildman–Crippen LogP) is 2.69. The molecule has 0 radical (unpaired) electrons. The van der Waals surface area contributed by atoms with Gasteiger partial charge >= 0.3 is 0 Å². The molecule has 1 aliphatic heterocycles. The number of quaternary nitrogens is 1. The lowest BCUT2D eigenvalue weighted by molar-refractivity contribution is -0.941. The Hall–Kier alpha value is -2.60. The molecule has 0 amide bonds. The molecule has 0 fully saturated rings. The monoisotopic (exact) mass is 380 g/mol. The highest BCUT2D eigenvalue weighted by molar-refractivity contribution is 5.28. The fourth-order valence-corrected chi connectivity index (χ4v) is 4.03. The number of rotatable bonds is 5. The summed E-state index contributed by atoms with van der Waals surface area (Å²) in [5, 5.41) is 12.8. The Labute approximate surface area is 165 Å². The Morgan fingerprint density at radius 2 is 1.82 bits per heavy atom. The zero-order valence-electron chi connectivity index (χ0n) is 16.7. The topological polar surface area (TPSA) is 48.0 Å². The van der Waals surface area contributed by atoms with Crippen LogP contribution in [0.5, 0.6) is 0 Å². The molecule has 5 nitrogen and oxygen atoms in total. The van der Waals surface area contributed by atoms with Crippen molar-refractivity contribution in [1.82, 2.24) is 20.2 Å². The van der Waals surface area contributed by atoms with Crippen LogP contribution >= 0.6 is 0 Å². The van der Waals surface area contributed by atoms with Gasteiger partial charge in [0.05, 0.1) is 12.1 Å². The zero-order chi connectivity index (χ0) is 19.7. The van der Waals surface area contributed by atoms with Crippen LogP contribution in [0.2, 0.25) is 0 Å². The second-order valence-electron chi connectivity index (χ2n) is 8.20. The van der Waals surface area contributed by atoms with E-state index in [2.05, 4.69) is 60.6 Å². The Balaban J connectivity index is 1.79. The molecule has 0 aliphatic carbocycles. The van der Waals surface area contributed by atoms with E-state index in [9.17, 15) is 4.39 Å². The second kappa shape index (κ2) is 7.43. The highest BCUT2D eigenvalue weighted by Gasteiger charge is 2.36. The van der Waals surface area contributed by atoms with Crippen molar-refractivity contribution < 1.29 is 9.29 Å². The number of aromatic nitrogens is 4. The minimum Gasteiger partial charge on any atom is -0.318 e. The van der Waals surface area contributed by atoms with Gasteiger partial charge in [-0.2, -0.15) is 0 Å². The fourth-order valence-electron chi connectivity index (χ4n) is 4.03. The summed E-state index contributed by atoms with van der Waals surface area (Å²) in [4.78, 5) is 1.38. The minimum atomic E-state index is -0.227. The van der Waals surface area contributed by atoms with E-state index < -0.39 is 0 Å². The summed E-state index contributed by atoms with van der Waals surface area (Å²) in [7, 11) is 0.